The third kappa shape index (κ3) is 3.29. The van der Waals surface area contributed by atoms with Gasteiger partial charge in [-0.1, -0.05) is 12.1 Å². The maximum absolute atomic E-state index is 12.1. The first-order chi connectivity index (χ1) is 10.1. The van der Waals surface area contributed by atoms with Gasteiger partial charge >= 0.3 is 0 Å². The molecule has 1 N–H and O–H groups in total. The summed E-state index contributed by atoms with van der Waals surface area (Å²) in [7, 11) is 0. The van der Waals surface area contributed by atoms with Gasteiger partial charge in [0.05, 0.1) is 11.1 Å². The molecule has 0 saturated carbocycles. The molecule has 2 rings (SSSR count). The van der Waals surface area contributed by atoms with Crippen molar-refractivity contribution in [2.45, 2.75) is 19.3 Å². The fourth-order valence-electron chi connectivity index (χ4n) is 2.20. The molecule has 5 nitrogen and oxygen atoms in total. The summed E-state index contributed by atoms with van der Waals surface area (Å²) in [6, 6.07) is 6.74. The van der Waals surface area contributed by atoms with E-state index in [9.17, 15) is 14.4 Å². The van der Waals surface area contributed by atoms with Gasteiger partial charge in [-0.2, -0.15) is 0 Å². The van der Waals surface area contributed by atoms with Crippen molar-refractivity contribution in [3.8, 4) is 12.3 Å². The minimum atomic E-state index is -0.289. The molecule has 1 aliphatic rings. The largest absolute Gasteiger partial charge is 0.355 e. The Morgan fingerprint density at radius 1 is 1.19 bits per heavy atom. The van der Waals surface area contributed by atoms with Crippen LogP contribution in [0.25, 0.3) is 0 Å². The molecule has 0 saturated heterocycles. The summed E-state index contributed by atoms with van der Waals surface area (Å²) in [6.07, 6.45) is 6.28. The number of hydrogen-bond donors (Lipinski definition) is 1. The van der Waals surface area contributed by atoms with E-state index >= 15 is 0 Å². The zero-order valence-electron chi connectivity index (χ0n) is 11.6. The molecule has 0 fully saturated rings. The van der Waals surface area contributed by atoms with Crippen molar-refractivity contribution in [3.63, 3.8) is 0 Å². The molecule has 0 bridgehead atoms. The van der Waals surface area contributed by atoms with E-state index in [0.717, 1.165) is 0 Å². The third-order valence-corrected chi connectivity index (χ3v) is 3.26. The smallest absolute Gasteiger partial charge is 0.261 e. The lowest BCUT2D eigenvalue weighted by Gasteiger charge is -2.13. The Hall–Kier alpha value is -2.61. The van der Waals surface area contributed by atoms with Gasteiger partial charge in [0.25, 0.3) is 11.8 Å². The second kappa shape index (κ2) is 6.71. The fraction of sp³-hybridized carbons (Fsp3) is 0.312. The van der Waals surface area contributed by atoms with E-state index in [-0.39, 0.29) is 30.7 Å². The number of nitrogens with one attached hydrogen (secondary N) is 1. The van der Waals surface area contributed by atoms with Crippen molar-refractivity contribution < 1.29 is 14.4 Å². The first kappa shape index (κ1) is 14.8. The van der Waals surface area contributed by atoms with Crippen LogP contribution < -0.4 is 5.32 Å². The maximum atomic E-state index is 12.1. The van der Waals surface area contributed by atoms with Gasteiger partial charge in [0.2, 0.25) is 5.91 Å². The molecule has 0 aliphatic carbocycles. The molecule has 0 unspecified atom stereocenters. The van der Waals surface area contributed by atoms with Crippen LogP contribution in [0.15, 0.2) is 24.3 Å². The second-order valence-electron chi connectivity index (χ2n) is 4.72. The van der Waals surface area contributed by atoms with Crippen LogP contribution in [0.2, 0.25) is 0 Å². The first-order valence-corrected chi connectivity index (χ1v) is 6.80. The summed E-state index contributed by atoms with van der Waals surface area (Å²) in [6.45, 7) is 0.692. The average Bonchev–Trinajstić information content (AvgIpc) is 2.73. The summed E-state index contributed by atoms with van der Waals surface area (Å²) in [4.78, 5) is 36.9. The number of rotatable bonds is 6. The Labute approximate surface area is 123 Å². The Balaban J connectivity index is 1.83. The first-order valence-electron chi connectivity index (χ1n) is 6.80. The number of fused-ring (bicyclic) bond motifs is 1. The number of carbonyl (C=O) groups excluding carboxylic acids is 3. The molecular weight excluding hydrogens is 268 g/mol. The standard InChI is InChI=1S/C16H16N2O3/c1-2-3-10-17-14(19)9-6-11-18-15(20)12-7-4-5-8-13(12)16(18)21/h1,4-5,7-8H,3,6,9-11H2,(H,17,19). The SMILES string of the molecule is C#CCCNC(=O)CCCN1C(=O)c2ccccc2C1=O. The fourth-order valence-corrected chi connectivity index (χ4v) is 2.20. The van der Waals surface area contributed by atoms with Crippen molar-refractivity contribution in [1.82, 2.24) is 10.2 Å². The number of benzene rings is 1. The lowest BCUT2D eigenvalue weighted by Crippen LogP contribution is -2.32. The predicted molar refractivity (Wildman–Crippen MR) is 77.5 cm³/mol. The summed E-state index contributed by atoms with van der Waals surface area (Å²) < 4.78 is 0. The second-order valence-corrected chi connectivity index (χ2v) is 4.72. The maximum Gasteiger partial charge on any atom is 0.261 e. The van der Waals surface area contributed by atoms with Gasteiger partial charge in [0.15, 0.2) is 0 Å². The number of hydrogen-bond acceptors (Lipinski definition) is 3. The third-order valence-electron chi connectivity index (χ3n) is 3.26. The topological polar surface area (TPSA) is 66.5 Å². The summed E-state index contributed by atoms with van der Waals surface area (Å²) in [5.41, 5.74) is 0.863. The summed E-state index contributed by atoms with van der Waals surface area (Å²) in [5.74, 6) is 1.73. The lowest BCUT2D eigenvalue weighted by molar-refractivity contribution is -0.121. The van der Waals surface area contributed by atoms with Crippen LogP contribution in [0.4, 0.5) is 0 Å². The molecule has 5 heteroatoms. The molecule has 21 heavy (non-hydrogen) atoms. The summed E-state index contributed by atoms with van der Waals surface area (Å²) in [5, 5.41) is 2.68. The highest BCUT2D eigenvalue weighted by Crippen LogP contribution is 2.22. The zero-order valence-corrected chi connectivity index (χ0v) is 11.6. The van der Waals surface area contributed by atoms with Gasteiger partial charge in [-0.25, -0.2) is 0 Å². The van der Waals surface area contributed by atoms with Crippen molar-refractivity contribution >= 4 is 17.7 Å². The van der Waals surface area contributed by atoms with Gasteiger partial charge in [-0.05, 0) is 18.6 Å². The molecule has 1 aliphatic heterocycles. The number of imide groups is 1. The van der Waals surface area contributed by atoms with Crippen molar-refractivity contribution in [3.05, 3.63) is 35.4 Å². The molecule has 1 aromatic carbocycles. The monoisotopic (exact) mass is 284 g/mol. The highest BCUT2D eigenvalue weighted by Gasteiger charge is 2.34. The normalized spacial score (nSPS) is 13.0. The van der Waals surface area contributed by atoms with Gasteiger partial charge in [-0.15, -0.1) is 12.3 Å². The number of amides is 3. The van der Waals surface area contributed by atoms with Crippen LogP contribution in [-0.4, -0.2) is 35.7 Å². The van der Waals surface area contributed by atoms with Crippen LogP contribution in [-0.2, 0) is 4.79 Å². The molecule has 1 aromatic rings. The molecule has 0 radical (unpaired) electrons. The Morgan fingerprint density at radius 3 is 2.38 bits per heavy atom. The molecule has 3 amide bonds. The van der Waals surface area contributed by atoms with Gasteiger partial charge < -0.3 is 5.32 Å². The van der Waals surface area contributed by atoms with Crippen LogP contribution in [0, 0.1) is 12.3 Å². The zero-order chi connectivity index (χ0) is 15.2. The Kier molecular flexibility index (Phi) is 4.72. The number of carbonyl (C=O) groups is 3. The van der Waals surface area contributed by atoms with Gasteiger partial charge in [-0.3, -0.25) is 19.3 Å². The van der Waals surface area contributed by atoms with Crippen LogP contribution >= 0.6 is 0 Å². The van der Waals surface area contributed by atoms with E-state index in [1.165, 1.54) is 4.90 Å². The molecule has 0 aromatic heterocycles. The van der Waals surface area contributed by atoms with Crippen LogP contribution in [0.1, 0.15) is 40.0 Å². The van der Waals surface area contributed by atoms with E-state index in [4.69, 9.17) is 6.42 Å². The molecule has 108 valence electrons. The molecular formula is C16H16N2O3. The number of nitrogens with zero attached hydrogens (tertiary/aromatic N) is 1. The van der Waals surface area contributed by atoms with E-state index in [1.807, 2.05) is 0 Å². The van der Waals surface area contributed by atoms with Crippen LogP contribution in [0.5, 0.6) is 0 Å². The van der Waals surface area contributed by atoms with Crippen LogP contribution in [0.3, 0.4) is 0 Å². The molecule has 0 spiro atoms. The Bertz CT molecular complexity index is 581. The van der Waals surface area contributed by atoms with Crippen molar-refractivity contribution in [2.75, 3.05) is 13.1 Å². The highest BCUT2D eigenvalue weighted by atomic mass is 16.2. The van der Waals surface area contributed by atoms with E-state index in [1.54, 1.807) is 24.3 Å². The highest BCUT2D eigenvalue weighted by molar-refractivity contribution is 6.21. The minimum absolute atomic E-state index is 0.123. The molecule has 1 heterocycles. The van der Waals surface area contributed by atoms with Crippen molar-refractivity contribution in [1.29, 1.82) is 0 Å². The van der Waals surface area contributed by atoms with E-state index in [0.29, 0.717) is 30.5 Å². The minimum Gasteiger partial charge on any atom is -0.355 e. The van der Waals surface area contributed by atoms with E-state index in [2.05, 4.69) is 11.2 Å². The van der Waals surface area contributed by atoms with Gasteiger partial charge in [0.1, 0.15) is 0 Å². The van der Waals surface area contributed by atoms with Crippen molar-refractivity contribution in [2.24, 2.45) is 0 Å². The quantitative estimate of drug-likeness (QED) is 0.485. The average molecular weight is 284 g/mol. The number of terminal acetylenes is 1. The lowest BCUT2D eigenvalue weighted by atomic mass is 10.1. The Morgan fingerprint density at radius 2 is 1.81 bits per heavy atom. The molecule has 0 atom stereocenters. The van der Waals surface area contributed by atoms with E-state index < -0.39 is 0 Å². The van der Waals surface area contributed by atoms with Gasteiger partial charge in [0, 0.05) is 25.9 Å². The summed E-state index contributed by atoms with van der Waals surface area (Å²) >= 11 is 0. The predicted octanol–water partition coefficient (Wildman–Crippen LogP) is 1.20.